The molecule has 2 fully saturated rings. The van der Waals surface area contributed by atoms with E-state index in [1.54, 1.807) is 18.3 Å². The molecular weight excluding hydrogens is 316 g/mol. The van der Waals surface area contributed by atoms with Crippen LogP contribution in [0.2, 0.25) is 0 Å². The molecule has 5 nitrogen and oxygen atoms in total. The number of esters is 1. The fourth-order valence-electron chi connectivity index (χ4n) is 4.19. The number of amides is 1. The van der Waals surface area contributed by atoms with Crippen LogP contribution in [0.1, 0.15) is 74.6 Å². The summed E-state index contributed by atoms with van der Waals surface area (Å²) in [5.74, 6) is -0.510. The monoisotopic (exact) mass is 344 g/mol. The quantitative estimate of drug-likeness (QED) is 0.764. The maximum atomic E-state index is 12.9. The fourth-order valence-corrected chi connectivity index (χ4v) is 4.19. The molecule has 2 aliphatic rings. The minimum atomic E-state index is -0.478. The number of pyridine rings is 1. The van der Waals surface area contributed by atoms with Gasteiger partial charge in [-0.05, 0) is 37.8 Å². The Kier molecular flexibility index (Phi) is 6.42. The van der Waals surface area contributed by atoms with Crippen LogP contribution in [0.25, 0.3) is 0 Å². The van der Waals surface area contributed by atoms with Crippen LogP contribution in [-0.2, 0) is 9.53 Å². The van der Waals surface area contributed by atoms with Crippen LogP contribution < -0.4 is 0 Å². The number of hydrogen-bond acceptors (Lipinski definition) is 4. The Morgan fingerprint density at radius 3 is 2.12 bits per heavy atom. The van der Waals surface area contributed by atoms with Gasteiger partial charge < -0.3 is 9.64 Å². The average Bonchev–Trinajstić information content (AvgIpc) is 2.69. The molecule has 0 aromatic carbocycles. The van der Waals surface area contributed by atoms with E-state index in [0.717, 1.165) is 25.7 Å². The lowest BCUT2D eigenvalue weighted by Crippen LogP contribution is -2.50. The predicted octanol–water partition coefficient (Wildman–Crippen LogP) is 3.73. The molecule has 0 saturated heterocycles. The van der Waals surface area contributed by atoms with Crippen molar-refractivity contribution in [1.29, 1.82) is 0 Å². The minimum Gasteiger partial charge on any atom is -0.452 e. The first kappa shape index (κ1) is 17.9. The van der Waals surface area contributed by atoms with Crippen molar-refractivity contribution in [2.75, 3.05) is 6.61 Å². The van der Waals surface area contributed by atoms with Crippen LogP contribution in [-0.4, -0.2) is 40.5 Å². The first-order valence-corrected chi connectivity index (χ1v) is 9.64. The molecule has 0 bridgehead atoms. The van der Waals surface area contributed by atoms with Gasteiger partial charge in [0.2, 0.25) is 0 Å². The van der Waals surface area contributed by atoms with Crippen molar-refractivity contribution in [2.45, 2.75) is 76.3 Å². The van der Waals surface area contributed by atoms with E-state index in [0.29, 0.717) is 17.6 Å². The molecule has 0 N–H and O–H groups in total. The van der Waals surface area contributed by atoms with Gasteiger partial charge in [0, 0.05) is 24.5 Å². The summed E-state index contributed by atoms with van der Waals surface area (Å²) < 4.78 is 5.28. The Morgan fingerprint density at radius 1 is 1.00 bits per heavy atom. The number of carbonyl (C=O) groups is 2. The fraction of sp³-hybridized carbons (Fsp3) is 0.650. The molecule has 0 unspecified atom stereocenters. The van der Waals surface area contributed by atoms with Crippen LogP contribution in [0, 0.1) is 0 Å². The highest BCUT2D eigenvalue weighted by atomic mass is 16.5. The highest BCUT2D eigenvalue weighted by molar-refractivity contribution is 5.91. The highest BCUT2D eigenvalue weighted by Gasteiger charge is 2.32. The molecule has 1 heterocycles. The van der Waals surface area contributed by atoms with Crippen molar-refractivity contribution in [2.24, 2.45) is 0 Å². The molecule has 0 aliphatic heterocycles. The Labute approximate surface area is 149 Å². The van der Waals surface area contributed by atoms with Crippen molar-refractivity contribution in [3.8, 4) is 0 Å². The Bertz CT molecular complexity index is 546. The van der Waals surface area contributed by atoms with Gasteiger partial charge in [0.15, 0.2) is 6.61 Å². The Balaban J connectivity index is 1.62. The zero-order valence-electron chi connectivity index (χ0n) is 14.9. The van der Waals surface area contributed by atoms with Gasteiger partial charge in [0.05, 0.1) is 5.56 Å². The summed E-state index contributed by atoms with van der Waals surface area (Å²) in [6, 6.07) is 3.98. The minimum absolute atomic E-state index is 0.0314. The summed E-state index contributed by atoms with van der Waals surface area (Å²) in [7, 11) is 0. The molecule has 0 atom stereocenters. The first-order valence-electron chi connectivity index (χ1n) is 9.64. The molecule has 3 rings (SSSR count). The van der Waals surface area contributed by atoms with E-state index < -0.39 is 5.97 Å². The maximum Gasteiger partial charge on any atom is 0.340 e. The summed E-state index contributed by atoms with van der Waals surface area (Å²) in [6.45, 7) is -0.166. The third-order valence-electron chi connectivity index (χ3n) is 5.45. The van der Waals surface area contributed by atoms with Crippen molar-refractivity contribution < 1.29 is 14.3 Å². The van der Waals surface area contributed by atoms with Gasteiger partial charge in [-0.1, -0.05) is 38.5 Å². The van der Waals surface area contributed by atoms with Gasteiger partial charge in [-0.25, -0.2) is 4.79 Å². The van der Waals surface area contributed by atoms with E-state index >= 15 is 0 Å². The summed E-state index contributed by atoms with van der Waals surface area (Å²) in [5, 5.41) is 0. The molecule has 136 valence electrons. The normalized spacial score (nSPS) is 19.4. The molecule has 1 aromatic rings. The number of hydrogen-bond donors (Lipinski definition) is 0. The third kappa shape index (κ3) is 4.80. The van der Waals surface area contributed by atoms with E-state index in [-0.39, 0.29) is 12.5 Å². The summed E-state index contributed by atoms with van der Waals surface area (Å²) in [5.41, 5.74) is 0.386. The smallest absolute Gasteiger partial charge is 0.340 e. The average molecular weight is 344 g/mol. The lowest BCUT2D eigenvalue weighted by Gasteiger charge is -2.41. The van der Waals surface area contributed by atoms with Crippen molar-refractivity contribution >= 4 is 11.9 Å². The van der Waals surface area contributed by atoms with Gasteiger partial charge in [0.25, 0.3) is 5.91 Å². The second kappa shape index (κ2) is 8.97. The number of nitrogens with zero attached hydrogens (tertiary/aromatic N) is 2. The maximum absolute atomic E-state index is 12.9. The molecular formula is C20H28N2O3. The predicted molar refractivity (Wildman–Crippen MR) is 95.1 cm³/mol. The standard InChI is InChI=1S/C20H28N2O3/c23-19(15-25-20(24)16-8-7-13-21-14-16)22(17-9-3-1-4-10-17)18-11-5-2-6-12-18/h7-8,13-14,17-18H,1-6,9-12,15H2. The van der Waals surface area contributed by atoms with Gasteiger partial charge in [-0.3, -0.25) is 9.78 Å². The van der Waals surface area contributed by atoms with E-state index in [2.05, 4.69) is 9.88 Å². The summed E-state index contributed by atoms with van der Waals surface area (Å²) in [6.07, 6.45) is 14.7. The van der Waals surface area contributed by atoms with Crippen LogP contribution in [0.3, 0.4) is 0 Å². The highest BCUT2D eigenvalue weighted by Crippen LogP contribution is 2.30. The number of ether oxygens (including phenoxy) is 1. The summed E-state index contributed by atoms with van der Waals surface area (Å²) >= 11 is 0. The molecule has 0 radical (unpaired) electrons. The largest absolute Gasteiger partial charge is 0.452 e. The van der Waals surface area contributed by atoms with Crippen molar-refractivity contribution in [1.82, 2.24) is 9.88 Å². The van der Waals surface area contributed by atoms with Crippen LogP contribution in [0.4, 0.5) is 0 Å². The lowest BCUT2D eigenvalue weighted by atomic mass is 9.88. The van der Waals surface area contributed by atoms with Crippen LogP contribution >= 0.6 is 0 Å². The lowest BCUT2D eigenvalue weighted by molar-refractivity contribution is -0.141. The van der Waals surface area contributed by atoms with Gasteiger partial charge in [0.1, 0.15) is 0 Å². The topological polar surface area (TPSA) is 59.5 Å². The molecule has 5 heteroatoms. The van der Waals surface area contributed by atoms with E-state index in [9.17, 15) is 9.59 Å². The second-order valence-electron chi connectivity index (χ2n) is 7.20. The molecule has 2 saturated carbocycles. The molecule has 25 heavy (non-hydrogen) atoms. The summed E-state index contributed by atoms with van der Waals surface area (Å²) in [4.78, 5) is 31.0. The zero-order chi connectivity index (χ0) is 17.5. The van der Waals surface area contributed by atoms with E-state index in [4.69, 9.17) is 4.74 Å². The van der Waals surface area contributed by atoms with E-state index in [1.165, 1.54) is 44.7 Å². The van der Waals surface area contributed by atoms with Gasteiger partial charge in [-0.15, -0.1) is 0 Å². The van der Waals surface area contributed by atoms with Gasteiger partial charge >= 0.3 is 5.97 Å². The zero-order valence-corrected chi connectivity index (χ0v) is 14.9. The molecule has 1 aromatic heterocycles. The molecule has 0 spiro atoms. The SMILES string of the molecule is O=C(OCC(=O)N(C1CCCCC1)C1CCCCC1)c1cccnc1. The van der Waals surface area contributed by atoms with Crippen molar-refractivity contribution in [3.05, 3.63) is 30.1 Å². The Hall–Kier alpha value is -1.91. The first-order chi connectivity index (χ1) is 12.3. The number of aromatic nitrogens is 1. The molecule has 1 amide bonds. The van der Waals surface area contributed by atoms with Crippen LogP contribution in [0.15, 0.2) is 24.5 Å². The van der Waals surface area contributed by atoms with Gasteiger partial charge in [-0.2, -0.15) is 0 Å². The number of rotatable bonds is 5. The van der Waals surface area contributed by atoms with Crippen molar-refractivity contribution in [3.63, 3.8) is 0 Å². The van der Waals surface area contributed by atoms with E-state index in [1.807, 2.05) is 0 Å². The number of carbonyl (C=O) groups excluding carboxylic acids is 2. The second-order valence-corrected chi connectivity index (χ2v) is 7.20. The van der Waals surface area contributed by atoms with Crippen LogP contribution in [0.5, 0.6) is 0 Å². The Morgan fingerprint density at radius 2 is 1.60 bits per heavy atom. The molecule has 2 aliphatic carbocycles. The third-order valence-corrected chi connectivity index (χ3v) is 5.45.